The van der Waals surface area contributed by atoms with E-state index in [9.17, 15) is 4.79 Å². The first kappa shape index (κ1) is 14.5. The monoisotopic (exact) mass is 240 g/mol. The molecule has 1 atom stereocenters. The Labute approximate surface area is 106 Å². The molecule has 0 N–H and O–H groups in total. The molecule has 1 aliphatic rings. The molecule has 1 rings (SSSR count). The highest BCUT2D eigenvalue weighted by Crippen LogP contribution is 2.26. The Morgan fingerprint density at radius 1 is 1.18 bits per heavy atom. The maximum atomic E-state index is 11.4. The molecule has 0 aromatic rings. The molecular weight excluding hydrogens is 212 g/mol. The molecule has 3 heteroatoms. The van der Waals surface area contributed by atoms with E-state index in [1.54, 1.807) is 6.92 Å². The fraction of sp³-hybridized carbons (Fsp3) is 0.929. The van der Waals surface area contributed by atoms with Crippen LogP contribution in [0.3, 0.4) is 0 Å². The van der Waals surface area contributed by atoms with Crippen LogP contribution in [0.5, 0.6) is 0 Å². The lowest BCUT2D eigenvalue weighted by Gasteiger charge is -2.40. The maximum Gasteiger partial charge on any atom is 0.219 e. The summed E-state index contributed by atoms with van der Waals surface area (Å²) in [5, 5.41) is 0. The van der Waals surface area contributed by atoms with Gasteiger partial charge in [0.1, 0.15) is 0 Å². The Morgan fingerprint density at radius 2 is 1.88 bits per heavy atom. The third kappa shape index (κ3) is 3.70. The zero-order valence-corrected chi connectivity index (χ0v) is 12.0. The van der Waals surface area contributed by atoms with Crippen molar-refractivity contribution in [1.29, 1.82) is 0 Å². The standard InChI is InChI=1S/C14H28N2O/c1-5-8-14(4,6-2)16-10-7-9-15(11-12-16)13(3)17/h5-12H2,1-4H3. The van der Waals surface area contributed by atoms with Crippen LogP contribution in [0.15, 0.2) is 0 Å². The first-order chi connectivity index (χ1) is 8.03. The van der Waals surface area contributed by atoms with Crippen molar-refractivity contribution < 1.29 is 4.79 Å². The van der Waals surface area contributed by atoms with E-state index in [1.165, 1.54) is 19.3 Å². The largest absolute Gasteiger partial charge is 0.342 e. The first-order valence-corrected chi connectivity index (χ1v) is 7.04. The Kier molecular flexibility index (Phi) is 5.44. The minimum Gasteiger partial charge on any atom is -0.342 e. The van der Waals surface area contributed by atoms with E-state index < -0.39 is 0 Å². The molecule has 0 bridgehead atoms. The number of rotatable bonds is 4. The summed E-state index contributed by atoms with van der Waals surface area (Å²) in [6.45, 7) is 12.6. The molecule has 0 aromatic carbocycles. The van der Waals surface area contributed by atoms with E-state index in [2.05, 4.69) is 25.7 Å². The molecule has 1 amide bonds. The first-order valence-electron chi connectivity index (χ1n) is 7.04. The van der Waals surface area contributed by atoms with Gasteiger partial charge in [-0.3, -0.25) is 9.69 Å². The van der Waals surface area contributed by atoms with Gasteiger partial charge in [-0.2, -0.15) is 0 Å². The van der Waals surface area contributed by atoms with Gasteiger partial charge >= 0.3 is 0 Å². The van der Waals surface area contributed by atoms with Crippen LogP contribution in [-0.2, 0) is 4.79 Å². The van der Waals surface area contributed by atoms with Crippen molar-refractivity contribution in [3.8, 4) is 0 Å². The number of hydrogen-bond donors (Lipinski definition) is 0. The van der Waals surface area contributed by atoms with Crippen molar-refractivity contribution in [3.63, 3.8) is 0 Å². The molecule has 1 saturated heterocycles. The minimum atomic E-state index is 0.223. The molecule has 1 unspecified atom stereocenters. The van der Waals surface area contributed by atoms with Gasteiger partial charge in [0.2, 0.25) is 5.91 Å². The summed E-state index contributed by atoms with van der Waals surface area (Å²) in [7, 11) is 0. The summed E-state index contributed by atoms with van der Waals surface area (Å²) in [4.78, 5) is 16.0. The summed E-state index contributed by atoms with van der Waals surface area (Å²) in [6, 6.07) is 0. The van der Waals surface area contributed by atoms with Gasteiger partial charge in [-0.25, -0.2) is 0 Å². The zero-order valence-electron chi connectivity index (χ0n) is 12.0. The van der Waals surface area contributed by atoms with Crippen LogP contribution in [0, 0.1) is 0 Å². The maximum absolute atomic E-state index is 11.4. The summed E-state index contributed by atoms with van der Waals surface area (Å²) >= 11 is 0. The van der Waals surface area contributed by atoms with Gasteiger partial charge < -0.3 is 4.90 Å². The van der Waals surface area contributed by atoms with Crippen LogP contribution >= 0.6 is 0 Å². The topological polar surface area (TPSA) is 23.6 Å². The molecule has 0 saturated carbocycles. The van der Waals surface area contributed by atoms with Crippen molar-refractivity contribution >= 4 is 5.91 Å². The summed E-state index contributed by atoms with van der Waals surface area (Å²) in [5.74, 6) is 0.223. The Balaban J connectivity index is 2.63. The van der Waals surface area contributed by atoms with E-state index in [-0.39, 0.29) is 5.91 Å². The Bertz CT molecular complexity index is 255. The van der Waals surface area contributed by atoms with Gasteiger partial charge in [-0.1, -0.05) is 20.3 Å². The zero-order chi connectivity index (χ0) is 12.9. The van der Waals surface area contributed by atoms with E-state index in [0.717, 1.165) is 32.6 Å². The van der Waals surface area contributed by atoms with Crippen molar-refractivity contribution in [2.45, 2.75) is 58.9 Å². The van der Waals surface area contributed by atoms with Gasteiger partial charge in [0.25, 0.3) is 0 Å². The summed E-state index contributed by atoms with van der Waals surface area (Å²) in [6.07, 6.45) is 4.79. The fourth-order valence-electron chi connectivity index (χ4n) is 2.87. The third-order valence-corrected chi connectivity index (χ3v) is 4.25. The van der Waals surface area contributed by atoms with Gasteiger partial charge in [-0.15, -0.1) is 0 Å². The fourth-order valence-corrected chi connectivity index (χ4v) is 2.87. The molecule has 1 fully saturated rings. The average molecular weight is 240 g/mol. The van der Waals surface area contributed by atoms with Crippen LogP contribution in [0.2, 0.25) is 0 Å². The lowest BCUT2D eigenvalue weighted by molar-refractivity contribution is -0.128. The van der Waals surface area contributed by atoms with E-state index in [0.29, 0.717) is 5.54 Å². The number of nitrogens with zero attached hydrogens (tertiary/aromatic N) is 2. The minimum absolute atomic E-state index is 0.223. The highest BCUT2D eigenvalue weighted by Gasteiger charge is 2.30. The highest BCUT2D eigenvalue weighted by molar-refractivity contribution is 5.73. The van der Waals surface area contributed by atoms with Crippen molar-refractivity contribution in [2.75, 3.05) is 26.2 Å². The van der Waals surface area contributed by atoms with E-state index in [1.807, 2.05) is 4.90 Å². The van der Waals surface area contributed by atoms with Crippen LogP contribution in [0.25, 0.3) is 0 Å². The second-order valence-corrected chi connectivity index (χ2v) is 5.45. The smallest absolute Gasteiger partial charge is 0.219 e. The predicted octanol–water partition coefficient (Wildman–Crippen LogP) is 2.51. The summed E-state index contributed by atoms with van der Waals surface area (Å²) in [5.41, 5.74) is 0.321. The molecule has 0 aromatic heterocycles. The van der Waals surface area contributed by atoms with Gasteiger partial charge in [0, 0.05) is 38.6 Å². The summed E-state index contributed by atoms with van der Waals surface area (Å²) < 4.78 is 0. The normalized spacial score (nSPS) is 22.0. The predicted molar refractivity (Wildman–Crippen MR) is 72.0 cm³/mol. The van der Waals surface area contributed by atoms with Crippen molar-refractivity contribution in [2.24, 2.45) is 0 Å². The molecule has 1 aliphatic heterocycles. The number of carbonyl (C=O) groups excluding carboxylic acids is 1. The number of carbonyl (C=O) groups is 1. The third-order valence-electron chi connectivity index (χ3n) is 4.25. The molecule has 17 heavy (non-hydrogen) atoms. The molecule has 3 nitrogen and oxygen atoms in total. The quantitative estimate of drug-likeness (QED) is 0.754. The lowest BCUT2D eigenvalue weighted by Crippen LogP contribution is -2.47. The molecule has 0 spiro atoms. The van der Waals surface area contributed by atoms with Gasteiger partial charge in [-0.05, 0) is 26.2 Å². The molecule has 100 valence electrons. The van der Waals surface area contributed by atoms with Crippen LogP contribution in [-0.4, -0.2) is 47.4 Å². The molecule has 0 aliphatic carbocycles. The molecule has 0 radical (unpaired) electrons. The Hall–Kier alpha value is -0.570. The second-order valence-electron chi connectivity index (χ2n) is 5.45. The van der Waals surface area contributed by atoms with Gasteiger partial charge in [0.15, 0.2) is 0 Å². The average Bonchev–Trinajstić information content (AvgIpc) is 2.55. The second kappa shape index (κ2) is 6.39. The van der Waals surface area contributed by atoms with Crippen LogP contribution in [0.4, 0.5) is 0 Å². The lowest BCUT2D eigenvalue weighted by atomic mass is 9.90. The number of amides is 1. The van der Waals surface area contributed by atoms with E-state index >= 15 is 0 Å². The van der Waals surface area contributed by atoms with E-state index in [4.69, 9.17) is 0 Å². The van der Waals surface area contributed by atoms with Crippen molar-refractivity contribution in [1.82, 2.24) is 9.80 Å². The SMILES string of the molecule is CCCC(C)(CC)N1CCCN(C(C)=O)CC1. The van der Waals surface area contributed by atoms with Crippen LogP contribution < -0.4 is 0 Å². The number of hydrogen-bond acceptors (Lipinski definition) is 2. The van der Waals surface area contributed by atoms with Crippen LogP contribution in [0.1, 0.15) is 53.4 Å². The van der Waals surface area contributed by atoms with Crippen molar-refractivity contribution in [3.05, 3.63) is 0 Å². The highest BCUT2D eigenvalue weighted by atomic mass is 16.2. The molecule has 1 heterocycles. The molecular formula is C14H28N2O. The van der Waals surface area contributed by atoms with Gasteiger partial charge in [0.05, 0.1) is 0 Å². The Morgan fingerprint density at radius 3 is 2.41 bits per heavy atom.